The molecule has 1 N–H and O–H groups in total. The number of amides is 1. The lowest BCUT2D eigenvalue weighted by atomic mass is 9.92. The lowest BCUT2D eigenvalue weighted by Crippen LogP contribution is -2.45. The lowest BCUT2D eigenvalue weighted by molar-refractivity contribution is -0.157. The van der Waals surface area contributed by atoms with Crippen molar-refractivity contribution in [1.29, 1.82) is 0 Å². The van der Waals surface area contributed by atoms with Crippen molar-refractivity contribution in [3.8, 4) is 5.95 Å². The Morgan fingerprint density at radius 3 is 2.56 bits per heavy atom. The maximum atomic E-state index is 12.6. The van der Waals surface area contributed by atoms with Crippen LogP contribution in [0.1, 0.15) is 33.4 Å². The molecule has 0 unspecified atom stereocenters. The summed E-state index contributed by atoms with van der Waals surface area (Å²) in [6.45, 7) is 8.87. The summed E-state index contributed by atoms with van der Waals surface area (Å²) in [5.41, 5.74) is 0.640. The van der Waals surface area contributed by atoms with Gasteiger partial charge in [-0.2, -0.15) is 9.78 Å². The average molecular weight is 345 g/mol. The number of carbonyl (C=O) groups excluding carboxylic acids is 1. The summed E-state index contributed by atoms with van der Waals surface area (Å²) in [6, 6.07) is 3.56. The number of ether oxygens (including phenoxy) is 2. The monoisotopic (exact) mass is 345 g/mol. The van der Waals surface area contributed by atoms with Crippen LogP contribution >= 0.6 is 0 Å². The topological polar surface area (TPSA) is 91.2 Å². The predicted octanol–water partition coefficient (Wildman–Crippen LogP) is 1.70. The highest BCUT2D eigenvalue weighted by atomic mass is 16.6. The van der Waals surface area contributed by atoms with Crippen LogP contribution in [0.4, 0.5) is 5.82 Å². The van der Waals surface area contributed by atoms with Crippen LogP contribution in [0.25, 0.3) is 5.95 Å². The Labute approximate surface area is 146 Å². The van der Waals surface area contributed by atoms with Crippen LogP contribution in [0.15, 0.2) is 24.5 Å². The molecular formula is C17H23N5O3. The number of carbonyl (C=O) groups is 1. The first-order chi connectivity index (χ1) is 11.9. The van der Waals surface area contributed by atoms with Crippen LogP contribution in [0.2, 0.25) is 0 Å². The zero-order valence-electron chi connectivity index (χ0n) is 14.9. The van der Waals surface area contributed by atoms with Gasteiger partial charge in [0.25, 0.3) is 11.9 Å². The fourth-order valence-electron chi connectivity index (χ4n) is 2.51. The van der Waals surface area contributed by atoms with Gasteiger partial charge >= 0.3 is 0 Å². The molecule has 1 fully saturated rings. The molecule has 134 valence electrons. The SMILES string of the molecule is C[C@@H]1OCCO[C@@H]1C(=O)Nc1cc(C(C)(C)C)nn1-c1ncccn1. The smallest absolute Gasteiger partial charge is 0.257 e. The van der Waals surface area contributed by atoms with E-state index >= 15 is 0 Å². The molecule has 3 rings (SSSR count). The Bertz CT molecular complexity index is 738. The molecule has 1 aliphatic rings. The van der Waals surface area contributed by atoms with Crippen molar-refractivity contribution in [1.82, 2.24) is 19.7 Å². The number of rotatable bonds is 3. The molecule has 0 radical (unpaired) electrons. The molecule has 1 amide bonds. The third kappa shape index (κ3) is 3.85. The van der Waals surface area contributed by atoms with Gasteiger partial charge in [-0.3, -0.25) is 4.79 Å². The number of hydrogen-bond donors (Lipinski definition) is 1. The minimum atomic E-state index is -0.660. The van der Waals surface area contributed by atoms with E-state index in [1.165, 1.54) is 4.68 Å². The minimum absolute atomic E-state index is 0.183. The molecule has 8 nitrogen and oxygen atoms in total. The number of aromatic nitrogens is 4. The summed E-state index contributed by atoms with van der Waals surface area (Å²) in [6.07, 6.45) is 2.30. The van der Waals surface area contributed by atoms with Crippen molar-refractivity contribution in [2.75, 3.05) is 18.5 Å². The molecule has 0 bridgehead atoms. The zero-order valence-corrected chi connectivity index (χ0v) is 14.9. The van der Waals surface area contributed by atoms with Gasteiger partial charge in [0.2, 0.25) is 0 Å². The lowest BCUT2D eigenvalue weighted by Gasteiger charge is -2.28. The standard InChI is InChI=1S/C17H23N5O3/c1-11-14(25-9-8-24-11)15(23)20-13-10-12(17(2,3)4)21-22(13)16-18-6-5-7-19-16/h5-7,10-11,14H,8-9H2,1-4H3,(H,20,23)/t11-,14-/m0/s1. The molecule has 1 saturated heterocycles. The van der Waals surface area contributed by atoms with E-state index in [9.17, 15) is 4.79 Å². The largest absolute Gasteiger partial charge is 0.373 e. The molecule has 2 atom stereocenters. The fraction of sp³-hybridized carbons (Fsp3) is 0.529. The predicted molar refractivity (Wildman–Crippen MR) is 91.6 cm³/mol. The van der Waals surface area contributed by atoms with Crippen molar-refractivity contribution in [3.63, 3.8) is 0 Å². The summed E-state index contributed by atoms with van der Waals surface area (Å²) < 4.78 is 12.6. The second kappa shape index (κ2) is 6.89. The van der Waals surface area contributed by atoms with Crippen LogP contribution in [-0.2, 0) is 19.7 Å². The van der Waals surface area contributed by atoms with E-state index in [0.717, 1.165) is 5.69 Å². The van der Waals surface area contributed by atoms with E-state index in [2.05, 4.69) is 41.2 Å². The number of anilines is 1. The quantitative estimate of drug-likeness (QED) is 0.910. The van der Waals surface area contributed by atoms with Crippen molar-refractivity contribution in [2.45, 2.75) is 45.3 Å². The van der Waals surface area contributed by atoms with Crippen LogP contribution in [0.5, 0.6) is 0 Å². The fourth-order valence-corrected chi connectivity index (χ4v) is 2.51. The second-order valence-electron chi connectivity index (χ2n) is 6.98. The molecule has 0 saturated carbocycles. The van der Waals surface area contributed by atoms with E-state index in [-0.39, 0.29) is 17.4 Å². The molecule has 2 aromatic heterocycles. The van der Waals surface area contributed by atoms with Gasteiger partial charge in [0.05, 0.1) is 25.0 Å². The molecule has 3 heterocycles. The maximum Gasteiger partial charge on any atom is 0.257 e. The van der Waals surface area contributed by atoms with E-state index in [4.69, 9.17) is 9.47 Å². The molecule has 1 aliphatic heterocycles. The van der Waals surface area contributed by atoms with E-state index in [0.29, 0.717) is 25.0 Å². The molecule has 0 aromatic carbocycles. The Morgan fingerprint density at radius 2 is 1.92 bits per heavy atom. The maximum absolute atomic E-state index is 12.6. The van der Waals surface area contributed by atoms with E-state index < -0.39 is 6.10 Å². The van der Waals surface area contributed by atoms with Gasteiger partial charge in [-0.1, -0.05) is 20.8 Å². The summed E-state index contributed by atoms with van der Waals surface area (Å²) >= 11 is 0. The van der Waals surface area contributed by atoms with Gasteiger partial charge < -0.3 is 14.8 Å². The highest BCUT2D eigenvalue weighted by molar-refractivity contribution is 5.94. The van der Waals surface area contributed by atoms with Crippen LogP contribution in [0.3, 0.4) is 0 Å². The first-order valence-electron chi connectivity index (χ1n) is 8.28. The Hall–Kier alpha value is -2.32. The van der Waals surface area contributed by atoms with Crippen molar-refractivity contribution < 1.29 is 14.3 Å². The van der Waals surface area contributed by atoms with Gasteiger partial charge in [0.15, 0.2) is 6.10 Å². The van der Waals surface area contributed by atoms with Crippen molar-refractivity contribution in [3.05, 3.63) is 30.2 Å². The Balaban J connectivity index is 1.91. The first kappa shape index (κ1) is 17.5. The second-order valence-corrected chi connectivity index (χ2v) is 6.98. The average Bonchev–Trinajstić information content (AvgIpc) is 3.00. The zero-order chi connectivity index (χ0) is 18.0. The molecule has 0 spiro atoms. The molecule has 2 aromatic rings. The Kier molecular flexibility index (Phi) is 4.82. The van der Waals surface area contributed by atoms with E-state index in [1.807, 2.05) is 13.0 Å². The molecular weight excluding hydrogens is 322 g/mol. The third-order valence-electron chi connectivity index (χ3n) is 3.92. The summed E-state index contributed by atoms with van der Waals surface area (Å²) in [5, 5.41) is 7.45. The first-order valence-corrected chi connectivity index (χ1v) is 8.28. The van der Waals surface area contributed by atoms with Crippen molar-refractivity contribution in [2.24, 2.45) is 0 Å². The summed E-state index contributed by atoms with van der Waals surface area (Å²) in [7, 11) is 0. The van der Waals surface area contributed by atoms with Crippen molar-refractivity contribution >= 4 is 11.7 Å². The van der Waals surface area contributed by atoms with Crippen LogP contribution in [-0.4, -0.2) is 51.1 Å². The number of nitrogens with one attached hydrogen (secondary N) is 1. The normalized spacial score (nSPS) is 21.1. The molecule has 0 aliphatic carbocycles. The highest BCUT2D eigenvalue weighted by Gasteiger charge is 2.31. The minimum Gasteiger partial charge on any atom is -0.373 e. The van der Waals surface area contributed by atoms with Gasteiger partial charge in [-0.15, -0.1) is 0 Å². The van der Waals surface area contributed by atoms with Gasteiger partial charge in [-0.05, 0) is 13.0 Å². The van der Waals surface area contributed by atoms with Gasteiger partial charge in [-0.25, -0.2) is 9.97 Å². The highest BCUT2D eigenvalue weighted by Crippen LogP contribution is 2.25. The number of nitrogens with zero attached hydrogens (tertiary/aromatic N) is 4. The van der Waals surface area contributed by atoms with Gasteiger partial charge in [0, 0.05) is 23.9 Å². The van der Waals surface area contributed by atoms with E-state index in [1.54, 1.807) is 18.5 Å². The van der Waals surface area contributed by atoms with Gasteiger partial charge in [0.1, 0.15) is 5.82 Å². The summed E-state index contributed by atoms with van der Waals surface area (Å²) in [5.74, 6) is 0.620. The molecule has 25 heavy (non-hydrogen) atoms. The third-order valence-corrected chi connectivity index (χ3v) is 3.92. The van der Waals surface area contributed by atoms with Crippen LogP contribution in [0, 0.1) is 0 Å². The molecule has 8 heteroatoms. The Morgan fingerprint density at radius 1 is 1.24 bits per heavy atom. The number of hydrogen-bond acceptors (Lipinski definition) is 6. The van der Waals surface area contributed by atoms with Crippen LogP contribution < -0.4 is 5.32 Å². The summed E-state index contributed by atoms with van der Waals surface area (Å²) in [4.78, 5) is 21.1.